The van der Waals surface area contributed by atoms with Crippen molar-refractivity contribution in [2.75, 3.05) is 5.75 Å². The highest BCUT2D eigenvalue weighted by Crippen LogP contribution is 2.23. The highest BCUT2D eigenvalue weighted by atomic mass is 32.2. The quantitative estimate of drug-likeness (QED) is 0.526. The maximum Gasteiger partial charge on any atom is 0.262 e. The lowest BCUT2D eigenvalue weighted by molar-refractivity contribution is -0.115. The Morgan fingerprint density at radius 3 is 2.66 bits per heavy atom. The number of nitrogens with zero attached hydrogens (tertiary/aromatic N) is 4. The Morgan fingerprint density at radius 1 is 1.22 bits per heavy atom. The SMILES string of the molecule is CC(C)Cn1c(=O)c2ccc(C(=O)NC3CCCCC3)cc2n2c(SCC(N)=O)nnc12. The van der Waals surface area contributed by atoms with Gasteiger partial charge >= 0.3 is 0 Å². The van der Waals surface area contributed by atoms with Crippen LogP contribution in [0.2, 0.25) is 0 Å². The topological polar surface area (TPSA) is 124 Å². The highest BCUT2D eigenvalue weighted by Gasteiger charge is 2.21. The fourth-order valence-electron chi connectivity index (χ4n) is 4.20. The molecule has 1 fully saturated rings. The zero-order chi connectivity index (χ0) is 22.8. The fourth-order valence-corrected chi connectivity index (χ4v) is 4.88. The number of carbonyl (C=O) groups excluding carboxylic acids is 2. The van der Waals surface area contributed by atoms with Crippen molar-refractivity contribution < 1.29 is 9.59 Å². The van der Waals surface area contributed by atoms with E-state index < -0.39 is 5.91 Å². The van der Waals surface area contributed by atoms with Crippen LogP contribution in [0.15, 0.2) is 28.2 Å². The maximum atomic E-state index is 13.3. The van der Waals surface area contributed by atoms with Crippen LogP contribution in [0, 0.1) is 5.92 Å². The average molecular weight is 457 g/mol. The zero-order valence-corrected chi connectivity index (χ0v) is 19.2. The molecule has 1 aromatic carbocycles. The van der Waals surface area contributed by atoms with E-state index in [1.54, 1.807) is 27.2 Å². The smallest absolute Gasteiger partial charge is 0.262 e. The van der Waals surface area contributed by atoms with Crippen molar-refractivity contribution in [3.8, 4) is 0 Å². The minimum absolute atomic E-state index is 0.0352. The molecule has 0 saturated heterocycles. The van der Waals surface area contributed by atoms with Crippen LogP contribution in [0.5, 0.6) is 0 Å². The lowest BCUT2D eigenvalue weighted by atomic mass is 9.95. The number of nitrogens with two attached hydrogens (primary N) is 1. The van der Waals surface area contributed by atoms with E-state index >= 15 is 0 Å². The molecule has 1 aliphatic rings. The van der Waals surface area contributed by atoms with E-state index in [-0.39, 0.29) is 29.2 Å². The molecule has 1 saturated carbocycles. The molecule has 2 aromatic heterocycles. The third-order valence-electron chi connectivity index (χ3n) is 5.67. The van der Waals surface area contributed by atoms with Gasteiger partial charge in [-0.25, -0.2) is 0 Å². The van der Waals surface area contributed by atoms with Crippen LogP contribution in [0.3, 0.4) is 0 Å². The van der Waals surface area contributed by atoms with Crippen LogP contribution in [-0.4, -0.2) is 42.8 Å². The first-order chi connectivity index (χ1) is 15.3. The minimum atomic E-state index is -0.473. The van der Waals surface area contributed by atoms with Gasteiger partial charge in [-0.1, -0.05) is 44.9 Å². The second-order valence-corrected chi connectivity index (χ2v) is 9.67. The molecule has 32 heavy (non-hydrogen) atoms. The molecule has 2 amide bonds. The fraction of sp³-hybridized carbons (Fsp3) is 0.500. The van der Waals surface area contributed by atoms with Crippen LogP contribution >= 0.6 is 11.8 Å². The number of fused-ring (bicyclic) bond motifs is 3. The Kier molecular flexibility index (Phi) is 6.50. The van der Waals surface area contributed by atoms with E-state index in [4.69, 9.17) is 5.73 Å². The van der Waals surface area contributed by atoms with Gasteiger partial charge in [-0.05, 0) is 37.0 Å². The van der Waals surface area contributed by atoms with E-state index in [0.29, 0.717) is 33.9 Å². The van der Waals surface area contributed by atoms with Crippen molar-refractivity contribution in [3.63, 3.8) is 0 Å². The third-order valence-corrected chi connectivity index (χ3v) is 6.62. The normalized spacial score (nSPS) is 15.0. The van der Waals surface area contributed by atoms with E-state index in [9.17, 15) is 14.4 Å². The summed E-state index contributed by atoms with van der Waals surface area (Å²) < 4.78 is 3.33. The maximum absolute atomic E-state index is 13.3. The van der Waals surface area contributed by atoms with Crippen molar-refractivity contribution in [1.29, 1.82) is 0 Å². The van der Waals surface area contributed by atoms with E-state index in [1.165, 1.54) is 6.42 Å². The molecule has 4 rings (SSSR count). The number of primary amides is 1. The lowest BCUT2D eigenvalue weighted by Gasteiger charge is -2.22. The van der Waals surface area contributed by atoms with Crippen LogP contribution in [0.4, 0.5) is 0 Å². The molecular weight excluding hydrogens is 428 g/mol. The van der Waals surface area contributed by atoms with Crippen LogP contribution < -0.4 is 16.6 Å². The van der Waals surface area contributed by atoms with Gasteiger partial charge in [0.1, 0.15) is 0 Å². The highest BCUT2D eigenvalue weighted by molar-refractivity contribution is 7.99. The molecule has 2 heterocycles. The second kappa shape index (κ2) is 9.32. The number of nitrogens with one attached hydrogen (secondary N) is 1. The predicted octanol–water partition coefficient (Wildman–Crippen LogP) is 2.34. The monoisotopic (exact) mass is 456 g/mol. The van der Waals surface area contributed by atoms with E-state index in [2.05, 4.69) is 15.5 Å². The van der Waals surface area contributed by atoms with Gasteiger partial charge in [0.05, 0.1) is 16.7 Å². The number of benzene rings is 1. The van der Waals surface area contributed by atoms with Crippen LogP contribution in [0.1, 0.15) is 56.3 Å². The Bertz CT molecular complexity index is 1230. The van der Waals surface area contributed by atoms with Gasteiger partial charge in [-0.15, -0.1) is 10.2 Å². The minimum Gasteiger partial charge on any atom is -0.369 e. The molecular formula is C22H28N6O3S. The molecule has 0 radical (unpaired) electrons. The van der Waals surface area contributed by atoms with Gasteiger partial charge in [-0.3, -0.25) is 23.4 Å². The van der Waals surface area contributed by atoms with Crippen molar-refractivity contribution in [2.24, 2.45) is 11.7 Å². The summed E-state index contributed by atoms with van der Waals surface area (Å²) in [5.74, 6) is 0.00531. The van der Waals surface area contributed by atoms with Crippen molar-refractivity contribution in [2.45, 2.75) is 63.7 Å². The molecule has 0 unspecified atom stereocenters. The van der Waals surface area contributed by atoms with Gasteiger partial charge < -0.3 is 11.1 Å². The Morgan fingerprint density at radius 2 is 1.97 bits per heavy atom. The largest absolute Gasteiger partial charge is 0.369 e. The molecule has 1 aliphatic carbocycles. The summed E-state index contributed by atoms with van der Waals surface area (Å²) in [4.78, 5) is 37.5. The van der Waals surface area contributed by atoms with E-state index in [0.717, 1.165) is 37.4 Å². The molecule has 0 bridgehead atoms. The number of hydrogen-bond acceptors (Lipinski definition) is 6. The Balaban J connectivity index is 1.83. The van der Waals surface area contributed by atoms with Gasteiger partial charge in [0.25, 0.3) is 11.5 Å². The third kappa shape index (κ3) is 4.50. The predicted molar refractivity (Wildman–Crippen MR) is 124 cm³/mol. The average Bonchev–Trinajstić information content (AvgIpc) is 3.19. The Hall–Kier alpha value is -2.88. The summed E-state index contributed by atoms with van der Waals surface area (Å²) in [6.07, 6.45) is 5.44. The number of rotatable bonds is 7. The first kappa shape index (κ1) is 22.3. The lowest BCUT2D eigenvalue weighted by Crippen LogP contribution is -2.36. The van der Waals surface area contributed by atoms with Crippen LogP contribution in [0.25, 0.3) is 16.7 Å². The number of carbonyl (C=O) groups is 2. The molecule has 9 nitrogen and oxygen atoms in total. The number of aromatic nitrogens is 4. The molecule has 3 aromatic rings. The summed E-state index contributed by atoms with van der Waals surface area (Å²) in [5, 5.41) is 12.5. The summed E-state index contributed by atoms with van der Waals surface area (Å²) in [6, 6.07) is 5.27. The summed E-state index contributed by atoms with van der Waals surface area (Å²) in [5.41, 5.74) is 6.15. The van der Waals surface area contributed by atoms with Gasteiger partial charge in [-0.2, -0.15) is 0 Å². The first-order valence-corrected chi connectivity index (χ1v) is 12.0. The summed E-state index contributed by atoms with van der Waals surface area (Å²) in [7, 11) is 0. The van der Waals surface area contributed by atoms with Crippen molar-refractivity contribution in [3.05, 3.63) is 34.1 Å². The first-order valence-electron chi connectivity index (χ1n) is 11.0. The molecule has 170 valence electrons. The second-order valence-electron chi connectivity index (χ2n) is 8.72. The van der Waals surface area contributed by atoms with Gasteiger partial charge in [0.2, 0.25) is 11.7 Å². The number of amides is 2. The van der Waals surface area contributed by atoms with Crippen molar-refractivity contribution >= 4 is 40.3 Å². The number of hydrogen-bond donors (Lipinski definition) is 2. The Labute approximate surface area is 189 Å². The van der Waals surface area contributed by atoms with Crippen molar-refractivity contribution in [1.82, 2.24) is 24.5 Å². The van der Waals surface area contributed by atoms with Gasteiger partial charge in [0.15, 0.2) is 5.16 Å². The number of thioether (sulfide) groups is 1. The zero-order valence-electron chi connectivity index (χ0n) is 18.3. The molecule has 3 N–H and O–H groups in total. The molecule has 0 atom stereocenters. The summed E-state index contributed by atoms with van der Waals surface area (Å²) in [6.45, 7) is 4.51. The molecule has 0 aliphatic heterocycles. The van der Waals surface area contributed by atoms with E-state index in [1.807, 2.05) is 13.8 Å². The van der Waals surface area contributed by atoms with Crippen LogP contribution in [-0.2, 0) is 11.3 Å². The van der Waals surface area contributed by atoms with Gasteiger partial charge in [0, 0.05) is 18.2 Å². The standard InChI is InChI=1S/C22H28N6O3S/c1-13(2)11-27-20(31)16-9-8-14(19(30)24-15-6-4-3-5-7-15)10-17(16)28-21(27)25-26-22(28)32-12-18(23)29/h8-10,13,15H,3-7,11-12H2,1-2H3,(H2,23,29)(H,24,30). The molecule has 0 spiro atoms. The summed E-state index contributed by atoms with van der Waals surface area (Å²) >= 11 is 1.15. The molecule has 10 heteroatoms.